The van der Waals surface area contributed by atoms with Crippen molar-refractivity contribution < 1.29 is 19.1 Å². The van der Waals surface area contributed by atoms with Crippen LogP contribution in [0.1, 0.15) is 25.7 Å². The molecule has 2 heterocycles. The summed E-state index contributed by atoms with van der Waals surface area (Å²) in [4.78, 5) is 31.5. The van der Waals surface area contributed by atoms with Crippen LogP contribution in [0.5, 0.6) is 0 Å². The van der Waals surface area contributed by atoms with Gasteiger partial charge in [0.05, 0.1) is 19.1 Å². The minimum atomic E-state index is -0.461. The van der Waals surface area contributed by atoms with Crippen LogP contribution >= 0.6 is 0 Å². The molecule has 2 aliphatic heterocycles. The van der Waals surface area contributed by atoms with Crippen LogP contribution in [-0.2, 0) is 14.3 Å². The van der Waals surface area contributed by atoms with Gasteiger partial charge in [-0.05, 0) is 39.9 Å². The molecule has 0 bridgehead atoms. The highest BCUT2D eigenvalue weighted by Gasteiger charge is 2.49. The average molecular weight is 409 g/mol. The maximum Gasteiger partial charge on any atom is 0.324 e. The van der Waals surface area contributed by atoms with Crippen LogP contribution in [0.4, 0.5) is 4.79 Å². The summed E-state index contributed by atoms with van der Waals surface area (Å²) in [6.45, 7) is 7.13. The fourth-order valence-corrected chi connectivity index (χ4v) is 5.03. The van der Waals surface area contributed by atoms with Gasteiger partial charge in [-0.1, -0.05) is 6.08 Å². The summed E-state index contributed by atoms with van der Waals surface area (Å²) in [6.07, 6.45) is 5.12. The first-order valence-electron chi connectivity index (χ1n) is 10.7. The SMILES string of the molecule is C=CCN(C(=O)NCCN(C)C)C(=O)[C@@H]1CC2CC3(CC[C@H]2N(C)C1)OCCO3. The zero-order valence-corrected chi connectivity index (χ0v) is 18.1. The number of nitrogens with one attached hydrogen (secondary N) is 1. The Morgan fingerprint density at radius 2 is 2.03 bits per heavy atom. The molecule has 0 radical (unpaired) electrons. The molecule has 29 heavy (non-hydrogen) atoms. The Bertz CT molecular complexity index is 605. The number of imide groups is 1. The lowest BCUT2D eigenvalue weighted by molar-refractivity contribution is -0.202. The van der Waals surface area contributed by atoms with Gasteiger partial charge >= 0.3 is 6.03 Å². The van der Waals surface area contributed by atoms with Crippen molar-refractivity contribution in [2.24, 2.45) is 11.8 Å². The summed E-state index contributed by atoms with van der Waals surface area (Å²) in [5.41, 5.74) is 0. The predicted molar refractivity (Wildman–Crippen MR) is 110 cm³/mol. The van der Waals surface area contributed by atoms with Crippen molar-refractivity contribution in [3.05, 3.63) is 12.7 Å². The van der Waals surface area contributed by atoms with Crippen LogP contribution in [-0.4, -0.2) is 99.0 Å². The second-order valence-electron chi connectivity index (χ2n) is 8.82. The predicted octanol–water partition coefficient (Wildman–Crippen LogP) is 1.14. The molecule has 1 aliphatic carbocycles. The summed E-state index contributed by atoms with van der Waals surface area (Å²) in [6, 6.07) is 0.100. The van der Waals surface area contributed by atoms with E-state index in [9.17, 15) is 9.59 Å². The number of nitrogens with zero attached hydrogens (tertiary/aromatic N) is 3. The van der Waals surface area contributed by atoms with E-state index < -0.39 is 5.79 Å². The van der Waals surface area contributed by atoms with Crippen LogP contribution in [0.25, 0.3) is 0 Å². The molecule has 8 heteroatoms. The van der Waals surface area contributed by atoms with Crippen molar-refractivity contribution in [1.29, 1.82) is 0 Å². The molecule has 0 aromatic heterocycles. The van der Waals surface area contributed by atoms with E-state index in [1.54, 1.807) is 6.08 Å². The van der Waals surface area contributed by atoms with Crippen molar-refractivity contribution in [2.75, 3.05) is 60.5 Å². The molecule has 1 saturated carbocycles. The van der Waals surface area contributed by atoms with Crippen LogP contribution in [0, 0.1) is 11.8 Å². The molecule has 164 valence electrons. The lowest BCUT2D eigenvalue weighted by Crippen LogP contribution is -2.57. The van der Waals surface area contributed by atoms with Crippen molar-refractivity contribution in [3.63, 3.8) is 0 Å². The van der Waals surface area contributed by atoms with E-state index in [2.05, 4.69) is 23.8 Å². The van der Waals surface area contributed by atoms with E-state index >= 15 is 0 Å². The Kier molecular flexibility index (Phi) is 7.32. The third kappa shape index (κ3) is 5.17. The smallest absolute Gasteiger partial charge is 0.324 e. The Labute approximate surface area is 174 Å². The van der Waals surface area contributed by atoms with Crippen molar-refractivity contribution in [3.8, 4) is 0 Å². The Hall–Kier alpha value is -1.48. The highest BCUT2D eigenvalue weighted by molar-refractivity contribution is 5.96. The van der Waals surface area contributed by atoms with Gasteiger partial charge in [0, 0.05) is 45.1 Å². The maximum absolute atomic E-state index is 13.3. The van der Waals surface area contributed by atoms with Crippen LogP contribution in [0.3, 0.4) is 0 Å². The number of hydrogen-bond acceptors (Lipinski definition) is 6. The number of likely N-dealkylation sites (N-methyl/N-ethyl adjacent to an activating group) is 1. The molecule has 3 aliphatic rings. The average Bonchev–Trinajstić information content (AvgIpc) is 3.12. The normalized spacial score (nSPS) is 28.9. The molecule has 1 unspecified atom stereocenters. The lowest BCUT2D eigenvalue weighted by Gasteiger charge is -2.49. The second kappa shape index (κ2) is 9.55. The number of ether oxygens (including phenoxy) is 2. The number of fused-ring (bicyclic) bond motifs is 1. The highest BCUT2D eigenvalue weighted by Crippen LogP contribution is 2.45. The zero-order valence-electron chi connectivity index (χ0n) is 18.1. The quantitative estimate of drug-likeness (QED) is 0.665. The van der Waals surface area contributed by atoms with E-state index in [1.807, 2.05) is 19.0 Å². The van der Waals surface area contributed by atoms with Crippen LogP contribution in [0.2, 0.25) is 0 Å². The maximum atomic E-state index is 13.3. The van der Waals surface area contributed by atoms with Gasteiger partial charge in [0.25, 0.3) is 0 Å². The van der Waals surface area contributed by atoms with Gasteiger partial charge in [-0.25, -0.2) is 4.79 Å². The standard InChI is InChI=1S/C21H36N4O4/c1-5-9-25(20(27)22-8-10-23(2)3)19(26)17-13-16-14-21(28-11-12-29-21)7-6-18(16)24(4)15-17/h5,16-18H,1,6-15H2,2-4H3,(H,22,27)/t16?,17-,18-/m1/s1. The van der Waals surface area contributed by atoms with Gasteiger partial charge in [-0.2, -0.15) is 0 Å². The fraction of sp³-hybridized carbons (Fsp3) is 0.810. The molecule has 1 spiro atoms. The third-order valence-corrected chi connectivity index (χ3v) is 6.42. The van der Waals surface area contributed by atoms with Gasteiger partial charge in [0.1, 0.15) is 0 Å². The molecule has 0 aromatic rings. The topological polar surface area (TPSA) is 74.4 Å². The largest absolute Gasteiger partial charge is 0.348 e. The van der Waals surface area contributed by atoms with E-state index in [4.69, 9.17) is 9.47 Å². The third-order valence-electron chi connectivity index (χ3n) is 6.42. The summed E-state index contributed by atoms with van der Waals surface area (Å²) < 4.78 is 11.9. The molecule has 2 saturated heterocycles. The summed E-state index contributed by atoms with van der Waals surface area (Å²) in [7, 11) is 5.98. The van der Waals surface area contributed by atoms with Gasteiger partial charge < -0.3 is 24.6 Å². The van der Waals surface area contributed by atoms with Crippen LogP contribution in [0.15, 0.2) is 12.7 Å². The molecule has 3 rings (SSSR count). The van der Waals surface area contributed by atoms with E-state index in [0.717, 1.165) is 32.2 Å². The van der Waals surface area contributed by atoms with Crippen LogP contribution < -0.4 is 5.32 Å². The summed E-state index contributed by atoms with van der Waals surface area (Å²) in [5, 5.41) is 2.85. The zero-order chi connectivity index (χ0) is 21.0. The highest BCUT2D eigenvalue weighted by atomic mass is 16.7. The monoisotopic (exact) mass is 408 g/mol. The second-order valence-corrected chi connectivity index (χ2v) is 8.82. The molecular weight excluding hydrogens is 372 g/mol. The van der Waals surface area contributed by atoms with Gasteiger partial charge in [0.2, 0.25) is 5.91 Å². The van der Waals surface area contributed by atoms with Crippen molar-refractivity contribution in [1.82, 2.24) is 20.0 Å². The first kappa shape index (κ1) is 22.2. The van der Waals surface area contributed by atoms with E-state index in [0.29, 0.717) is 38.3 Å². The molecule has 3 amide bonds. The molecule has 1 N–H and O–H groups in total. The first-order chi connectivity index (χ1) is 13.8. The number of hydrogen-bond donors (Lipinski definition) is 1. The van der Waals surface area contributed by atoms with Crippen molar-refractivity contribution in [2.45, 2.75) is 37.5 Å². The fourth-order valence-electron chi connectivity index (χ4n) is 5.03. The molecule has 8 nitrogen and oxygen atoms in total. The van der Waals surface area contributed by atoms with Gasteiger partial charge in [0.15, 0.2) is 5.79 Å². The van der Waals surface area contributed by atoms with Crippen molar-refractivity contribution >= 4 is 11.9 Å². The number of piperidine rings is 1. The van der Waals surface area contributed by atoms with Gasteiger partial charge in [-0.3, -0.25) is 9.69 Å². The number of amides is 3. The van der Waals surface area contributed by atoms with E-state index in [-0.39, 0.29) is 24.4 Å². The summed E-state index contributed by atoms with van der Waals surface area (Å²) in [5.74, 6) is -0.461. The number of carbonyl (C=O) groups excluding carboxylic acids is 2. The summed E-state index contributed by atoms with van der Waals surface area (Å²) >= 11 is 0. The molecule has 3 fully saturated rings. The minimum absolute atomic E-state index is 0.120. The first-order valence-corrected chi connectivity index (χ1v) is 10.7. The molecular formula is C21H36N4O4. The molecule has 0 aromatic carbocycles. The Morgan fingerprint density at radius 1 is 1.31 bits per heavy atom. The Morgan fingerprint density at radius 3 is 2.69 bits per heavy atom. The minimum Gasteiger partial charge on any atom is -0.348 e. The Balaban J connectivity index is 1.64. The number of rotatable bonds is 6. The van der Waals surface area contributed by atoms with Gasteiger partial charge in [-0.15, -0.1) is 6.58 Å². The lowest BCUT2D eigenvalue weighted by atomic mass is 9.72. The number of carbonyl (C=O) groups is 2. The number of urea groups is 1. The van der Waals surface area contributed by atoms with E-state index in [1.165, 1.54) is 4.90 Å². The molecule has 3 atom stereocenters. The number of likely N-dealkylation sites (tertiary alicyclic amines) is 1.